The van der Waals surface area contributed by atoms with Gasteiger partial charge in [0.15, 0.2) is 4.84 Å². The highest BCUT2D eigenvalue weighted by Gasteiger charge is 2.31. The first-order chi connectivity index (χ1) is 16.4. The highest BCUT2D eigenvalue weighted by molar-refractivity contribution is 7.98. The zero-order chi connectivity index (χ0) is 24.9. The average Bonchev–Trinajstić information content (AvgIpc) is 2.84. The van der Waals surface area contributed by atoms with Crippen molar-refractivity contribution in [1.29, 1.82) is 0 Å². The minimum atomic E-state index is -1.30. The molecule has 0 aromatic heterocycles. The molecule has 2 aromatic rings. The number of halogens is 2. The van der Waals surface area contributed by atoms with Gasteiger partial charge in [0.1, 0.15) is 17.7 Å². The number of amides is 2. The van der Waals surface area contributed by atoms with Crippen LogP contribution in [0.1, 0.15) is 25.1 Å². The molecule has 3 N–H and O–H groups in total. The van der Waals surface area contributed by atoms with Gasteiger partial charge in [-0.3, -0.25) is 9.59 Å². The highest BCUT2D eigenvalue weighted by atomic mass is 35.5. The predicted molar refractivity (Wildman–Crippen MR) is 139 cm³/mol. The predicted octanol–water partition coefficient (Wildman–Crippen LogP) is 4.34. The van der Waals surface area contributed by atoms with Crippen LogP contribution in [0, 0.1) is 0 Å². The summed E-state index contributed by atoms with van der Waals surface area (Å²) in [7, 11) is 0. The molecule has 0 fully saturated rings. The molecule has 0 aliphatic carbocycles. The Balaban J connectivity index is 2.31. The SMILES string of the molecule is CCOCCN(C(=O)C(Cl)Cl)C(NC(=O)C(N)CCSC)c1ccc(Oc2ccccc2)cc1. The molecule has 0 aliphatic heterocycles. The second-order valence-electron chi connectivity index (χ2n) is 7.31. The Morgan fingerprint density at radius 2 is 1.74 bits per heavy atom. The van der Waals surface area contributed by atoms with Gasteiger partial charge in [-0.15, -0.1) is 0 Å². The number of hydrogen-bond acceptors (Lipinski definition) is 6. The lowest BCUT2D eigenvalue weighted by Gasteiger charge is -2.34. The van der Waals surface area contributed by atoms with Crippen LogP contribution in [0.4, 0.5) is 0 Å². The number of nitrogens with two attached hydrogens (primary N) is 1. The topological polar surface area (TPSA) is 93.9 Å². The summed E-state index contributed by atoms with van der Waals surface area (Å²) in [6.45, 7) is 2.77. The van der Waals surface area contributed by atoms with E-state index in [9.17, 15) is 9.59 Å². The van der Waals surface area contributed by atoms with Crippen molar-refractivity contribution in [3.8, 4) is 11.5 Å². The lowest BCUT2D eigenvalue weighted by molar-refractivity contribution is -0.135. The summed E-state index contributed by atoms with van der Waals surface area (Å²) in [4.78, 5) is 25.8. The average molecular weight is 529 g/mol. The van der Waals surface area contributed by atoms with Crippen molar-refractivity contribution >= 4 is 46.8 Å². The fraction of sp³-hybridized carbons (Fsp3) is 0.417. The molecule has 2 aromatic carbocycles. The van der Waals surface area contributed by atoms with Crippen molar-refractivity contribution in [3.05, 3.63) is 60.2 Å². The van der Waals surface area contributed by atoms with Gasteiger partial charge in [-0.1, -0.05) is 53.5 Å². The highest BCUT2D eigenvalue weighted by Crippen LogP contribution is 2.26. The van der Waals surface area contributed by atoms with Crippen LogP contribution in [-0.2, 0) is 14.3 Å². The number of benzene rings is 2. The first-order valence-electron chi connectivity index (χ1n) is 10.9. The molecule has 2 rings (SSSR count). The molecule has 0 radical (unpaired) electrons. The van der Waals surface area contributed by atoms with E-state index in [2.05, 4.69) is 5.32 Å². The zero-order valence-electron chi connectivity index (χ0n) is 19.3. The third-order valence-electron chi connectivity index (χ3n) is 4.89. The van der Waals surface area contributed by atoms with Crippen molar-refractivity contribution in [2.24, 2.45) is 5.73 Å². The molecule has 0 aliphatic rings. The molecule has 2 atom stereocenters. The molecule has 2 amide bonds. The Morgan fingerprint density at radius 3 is 2.32 bits per heavy atom. The lowest BCUT2D eigenvalue weighted by Crippen LogP contribution is -2.51. The first kappa shape index (κ1) is 28.3. The lowest BCUT2D eigenvalue weighted by atomic mass is 10.1. The molecule has 0 bridgehead atoms. The fourth-order valence-corrected chi connectivity index (χ4v) is 3.84. The molecular formula is C24H31Cl2N3O4S. The zero-order valence-corrected chi connectivity index (χ0v) is 21.6. The van der Waals surface area contributed by atoms with E-state index in [-0.39, 0.29) is 19.1 Å². The number of alkyl halides is 2. The maximum absolute atomic E-state index is 12.9. The van der Waals surface area contributed by atoms with Crippen LogP contribution >= 0.6 is 35.0 Å². The van der Waals surface area contributed by atoms with Gasteiger partial charge in [0, 0.05) is 13.2 Å². The smallest absolute Gasteiger partial charge is 0.257 e. The van der Waals surface area contributed by atoms with E-state index in [0.29, 0.717) is 30.1 Å². The van der Waals surface area contributed by atoms with E-state index in [0.717, 1.165) is 5.75 Å². The Labute approximate surface area is 215 Å². The number of para-hydroxylation sites is 1. The van der Waals surface area contributed by atoms with Gasteiger partial charge in [0.25, 0.3) is 5.91 Å². The van der Waals surface area contributed by atoms with Crippen LogP contribution < -0.4 is 15.8 Å². The second-order valence-corrected chi connectivity index (χ2v) is 9.39. The van der Waals surface area contributed by atoms with Gasteiger partial charge in [0.2, 0.25) is 5.91 Å². The van der Waals surface area contributed by atoms with Crippen molar-refractivity contribution in [2.75, 3.05) is 31.8 Å². The first-order valence-corrected chi connectivity index (χ1v) is 13.2. The Kier molecular flexibility index (Phi) is 12.6. The normalized spacial score (nSPS) is 12.8. The second kappa shape index (κ2) is 15.1. The van der Waals surface area contributed by atoms with Crippen molar-refractivity contribution in [1.82, 2.24) is 10.2 Å². The summed E-state index contributed by atoms with van der Waals surface area (Å²) in [5.74, 6) is 1.12. The maximum Gasteiger partial charge on any atom is 0.257 e. The summed E-state index contributed by atoms with van der Waals surface area (Å²) in [6, 6.07) is 15.7. The molecule has 0 spiro atoms. The van der Waals surface area contributed by atoms with Gasteiger partial charge in [-0.25, -0.2) is 0 Å². The van der Waals surface area contributed by atoms with E-state index >= 15 is 0 Å². The number of ether oxygens (including phenoxy) is 2. The standard InChI is InChI=1S/C24H31Cl2N3O4S/c1-3-32-15-14-29(24(31)21(25)26)22(28-23(30)20(27)13-16-34-2)17-9-11-19(12-10-17)33-18-7-5-4-6-8-18/h4-12,20-22H,3,13-16,27H2,1-2H3,(H,28,30). The fourth-order valence-electron chi connectivity index (χ4n) is 3.10. The molecular weight excluding hydrogens is 497 g/mol. The van der Waals surface area contributed by atoms with E-state index in [1.54, 1.807) is 36.0 Å². The number of carbonyl (C=O) groups excluding carboxylic acids is 2. The summed E-state index contributed by atoms with van der Waals surface area (Å²) in [5, 5.41) is 2.89. The Hall–Kier alpha value is -1.97. The molecule has 7 nitrogen and oxygen atoms in total. The molecule has 10 heteroatoms. The number of carbonyl (C=O) groups is 2. The number of nitrogens with zero attached hydrogens (tertiary/aromatic N) is 1. The van der Waals surface area contributed by atoms with Gasteiger partial charge in [-0.05, 0) is 55.2 Å². The summed E-state index contributed by atoms with van der Waals surface area (Å²) >= 11 is 13.5. The van der Waals surface area contributed by atoms with Gasteiger partial charge < -0.3 is 25.4 Å². The maximum atomic E-state index is 12.9. The van der Waals surface area contributed by atoms with Crippen molar-refractivity contribution in [2.45, 2.75) is 30.4 Å². The van der Waals surface area contributed by atoms with Crippen LogP contribution in [0.5, 0.6) is 11.5 Å². The summed E-state index contributed by atoms with van der Waals surface area (Å²) in [5.41, 5.74) is 6.71. The van der Waals surface area contributed by atoms with Crippen LogP contribution in [0.15, 0.2) is 54.6 Å². The molecule has 2 unspecified atom stereocenters. The van der Waals surface area contributed by atoms with Crippen LogP contribution in [0.3, 0.4) is 0 Å². The van der Waals surface area contributed by atoms with Crippen molar-refractivity contribution < 1.29 is 19.1 Å². The molecule has 0 heterocycles. The van der Waals surface area contributed by atoms with E-state index in [1.165, 1.54) is 4.90 Å². The van der Waals surface area contributed by atoms with E-state index in [1.807, 2.05) is 43.5 Å². The number of hydrogen-bond donors (Lipinski definition) is 2. The van der Waals surface area contributed by atoms with Crippen LogP contribution in [-0.4, -0.2) is 59.4 Å². The number of rotatable bonds is 14. The molecule has 186 valence electrons. The number of thioether (sulfide) groups is 1. The van der Waals surface area contributed by atoms with Gasteiger partial charge in [-0.2, -0.15) is 11.8 Å². The Morgan fingerprint density at radius 1 is 1.09 bits per heavy atom. The number of nitrogens with one attached hydrogen (secondary N) is 1. The monoisotopic (exact) mass is 527 g/mol. The van der Waals surface area contributed by atoms with Crippen LogP contribution in [0.25, 0.3) is 0 Å². The summed E-state index contributed by atoms with van der Waals surface area (Å²) in [6.07, 6.45) is 1.61. The minimum absolute atomic E-state index is 0.176. The van der Waals surface area contributed by atoms with Crippen molar-refractivity contribution in [3.63, 3.8) is 0 Å². The quantitative estimate of drug-likeness (QED) is 0.215. The molecule has 0 saturated heterocycles. The minimum Gasteiger partial charge on any atom is -0.457 e. The Bertz CT molecular complexity index is 888. The van der Waals surface area contributed by atoms with E-state index < -0.39 is 23.0 Å². The van der Waals surface area contributed by atoms with Gasteiger partial charge >= 0.3 is 0 Å². The third kappa shape index (κ3) is 9.00. The largest absolute Gasteiger partial charge is 0.457 e. The summed E-state index contributed by atoms with van der Waals surface area (Å²) < 4.78 is 11.3. The third-order valence-corrected chi connectivity index (χ3v) is 5.90. The van der Waals surface area contributed by atoms with Crippen LogP contribution in [0.2, 0.25) is 0 Å². The van der Waals surface area contributed by atoms with Gasteiger partial charge in [0.05, 0.1) is 12.6 Å². The van der Waals surface area contributed by atoms with E-state index in [4.69, 9.17) is 38.4 Å². The molecule has 34 heavy (non-hydrogen) atoms. The molecule has 0 saturated carbocycles.